The summed E-state index contributed by atoms with van der Waals surface area (Å²) in [6.07, 6.45) is 0.206. The lowest BCUT2D eigenvalue weighted by molar-refractivity contribution is -0.118. The second-order valence-corrected chi connectivity index (χ2v) is 4.61. The molecule has 5 nitrogen and oxygen atoms in total. The van der Waals surface area contributed by atoms with E-state index in [1.54, 1.807) is 12.1 Å². The first kappa shape index (κ1) is 14.7. The summed E-state index contributed by atoms with van der Waals surface area (Å²) in [4.78, 5) is 10.6. The van der Waals surface area contributed by atoms with Gasteiger partial charge >= 0.3 is 0 Å². The third kappa shape index (κ3) is 5.06. The largest absolute Gasteiger partial charge is 0.508 e. The van der Waals surface area contributed by atoms with Gasteiger partial charge < -0.3 is 20.9 Å². The molecule has 5 heteroatoms. The van der Waals surface area contributed by atoms with Crippen molar-refractivity contribution in [2.24, 2.45) is 5.73 Å². The molecule has 21 heavy (non-hydrogen) atoms. The van der Waals surface area contributed by atoms with Gasteiger partial charge in [0.05, 0.1) is 13.0 Å². The molecule has 0 fully saturated rings. The lowest BCUT2D eigenvalue weighted by atomic mass is 10.2. The molecule has 0 aliphatic rings. The Morgan fingerprint density at radius 1 is 1.19 bits per heavy atom. The fraction of sp³-hybridized carbons (Fsp3) is 0.188. The summed E-state index contributed by atoms with van der Waals surface area (Å²) in [6, 6.07) is 14.5. The highest BCUT2D eigenvalue weighted by Crippen LogP contribution is 2.17. The number of phenols is 1. The van der Waals surface area contributed by atoms with E-state index in [0.717, 1.165) is 11.3 Å². The molecule has 110 valence electrons. The number of nitrogens with one attached hydrogen (secondary N) is 1. The summed E-state index contributed by atoms with van der Waals surface area (Å²) >= 11 is 0. The van der Waals surface area contributed by atoms with Crippen LogP contribution in [0.3, 0.4) is 0 Å². The van der Waals surface area contributed by atoms with Crippen LogP contribution in [0.15, 0.2) is 48.5 Å². The number of rotatable bonds is 7. The van der Waals surface area contributed by atoms with Gasteiger partial charge in [0.15, 0.2) is 0 Å². The first-order chi connectivity index (χ1) is 10.1. The predicted octanol–water partition coefficient (Wildman–Crippen LogP) is 2.26. The van der Waals surface area contributed by atoms with Gasteiger partial charge in [-0.2, -0.15) is 0 Å². The fourth-order valence-corrected chi connectivity index (χ4v) is 1.81. The zero-order valence-electron chi connectivity index (χ0n) is 11.6. The zero-order chi connectivity index (χ0) is 15.1. The van der Waals surface area contributed by atoms with Gasteiger partial charge in [0.2, 0.25) is 5.91 Å². The van der Waals surface area contributed by atoms with Crippen molar-refractivity contribution in [1.29, 1.82) is 0 Å². The number of amides is 1. The van der Waals surface area contributed by atoms with Gasteiger partial charge in [0, 0.05) is 12.2 Å². The second-order valence-electron chi connectivity index (χ2n) is 4.61. The summed E-state index contributed by atoms with van der Waals surface area (Å²) in [5, 5.41) is 12.6. The van der Waals surface area contributed by atoms with E-state index in [9.17, 15) is 9.90 Å². The lowest BCUT2D eigenvalue weighted by Crippen LogP contribution is -2.14. The van der Waals surface area contributed by atoms with Gasteiger partial charge in [-0.3, -0.25) is 4.79 Å². The molecule has 0 saturated carbocycles. The van der Waals surface area contributed by atoms with Crippen molar-refractivity contribution >= 4 is 11.6 Å². The van der Waals surface area contributed by atoms with E-state index < -0.39 is 0 Å². The van der Waals surface area contributed by atoms with Crippen LogP contribution in [0.4, 0.5) is 5.69 Å². The number of primary amides is 1. The number of hydrogen-bond acceptors (Lipinski definition) is 4. The molecular weight excluding hydrogens is 268 g/mol. The van der Waals surface area contributed by atoms with Gasteiger partial charge in [0.25, 0.3) is 0 Å². The lowest BCUT2D eigenvalue weighted by Gasteiger charge is -2.09. The molecule has 1 amide bonds. The summed E-state index contributed by atoms with van der Waals surface area (Å²) in [5.41, 5.74) is 6.98. The third-order valence-electron chi connectivity index (χ3n) is 2.88. The summed E-state index contributed by atoms with van der Waals surface area (Å²) < 4.78 is 5.39. The Hall–Kier alpha value is -2.69. The van der Waals surface area contributed by atoms with Crippen LogP contribution in [-0.4, -0.2) is 17.6 Å². The highest BCUT2D eigenvalue weighted by Gasteiger charge is 1.99. The Kier molecular flexibility index (Phi) is 5.04. The van der Waals surface area contributed by atoms with Crippen LogP contribution >= 0.6 is 0 Å². The predicted molar refractivity (Wildman–Crippen MR) is 81.2 cm³/mol. The number of nitrogens with two attached hydrogens (primary N) is 1. The highest BCUT2D eigenvalue weighted by molar-refractivity contribution is 5.73. The van der Waals surface area contributed by atoms with Crippen molar-refractivity contribution in [3.05, 3.63) is 54.1 Å². The van der Waals surface area contributed by atoms with Crippen LogP contribution in [0.5, 0.6) is 11.5 Å². The van der Waals surface area contributed by atoms with Gasteiger partial charge in [-0.1, -0.05) is 12.1 Å². The molecule has 2 aromatic rings. The molecule has 0 atom stereocenters. The fourth-order valence-electron chi connectivity index (χ4n) is 1.81. The van der Waals surface area contributed by atoms with E-state index in [4.69, 9.17) is 10.5 Å². The van der Waals surface area contributed by atoms with Crippen LogP contribution in [0.1, 0.15) is 12.0 Å². The van der Waals surface area contributed by atoms with E-state index in [1.165, 1.54) is 0 Å². The van der Waals surface area contributed by atoms with Gasteiger partial charge in [0.1, 0.15) is 11.5 Å². The van der Waals surface area contributed by atoms with Crippen molar-refractivity contribution in [2.75, 3.05) is 11.9 Å². The van der Waals surface area contributed by atoms with Crippen LogP contribution in [0.2, 0.25) is 0 Å². The van der Waals surface area contributed by atoms with Crippen LogP contribution < -0.4 is 15.8 Å². The van der Waals surface area contributed by atoms with Crippen molar-refractivity contribution < 1.29 is 14.6 Å². The number of hydrogen-bond donors (Lipinski definition) is 3. The van der Waals surface area contributed by atoms with E-state index in [2.05, 4.69) is 5.32 Å². The number of phenolic OH excluding ortho intramolecular Hbond substituents is 1. The SMILES string of the molecule is NC(=O)CCOc1ccc(NCc2cccc(O)c2)cc1. The Morgan fingerprint density at radius 3 is 2.62 bits per heavy atom. The number of carbonyl (C=O) groups is 1. The number of ether oxygens (including phenoxy) is 1. The molecule has 0 radical (unpaired) electrons. The first-order valence-corrected chi connectivity index (χ1v) is 6.66. The number of anilines is 1. The Balaban J connectivity index is 1.83. The maximum absolute atomic E-state index is 10.6. The number of carbonyl (C=O) groups excluding carboxylic acids is 1. The number of benzene rings is 2. The quantitative estimate of drug-likeness (QED) is 0.729. The minimum absolute atomic E-state index is 0.206. The van der Waals surface area contributed by atoms with E-state index >= 15 is 0 Å². The van der Waals surface area contributed by atoms with E-state index in [0.29, 0.717) is 12.3 Å². The van der Waals surface area contributed by atoms with Crippen molar-refractivity contribution in [3.63, 3.8) is 0 Å². The van der Waals surface area contributed by atoms with E-state index in [-0.39, 0.29) is 24.7 Å². The molecule has 0 aromatic heterocycles. The number of aromatic hydroxyl groups is 1. The second kappa shape index (κ2) is 7.19. The molecule has 2 aromatic carbocycles. The molecule has 0 unspecified atom stereocenters. The zero-order valence-corrected chi connectivity index (χ0v) is 11.6. The monoisotopic (exact) mass is 286 g/mol. The molecule has 4 N–H and O–H groups in total. The van der Waals surface area contributed by atoms with E-state index in [1.807, 2.05) is 36.4 Å². The molecule has 2 rings (SSSR count). The summed E-state index contributed by atoms with van der Waals surface area (Å²) in [7, 11) is 0. The Labute approximate surface area is 123 Å². The summed E-state index contributed by atoms with van der Waals surface area (Å²) in [5.74, 6) is 0.575. The smallest absolute Gasteiger partial charge is 0.220 e. The third-order valence-corrected chi connectivity index (χ3v) is 2.88. The maximum atomic E-state index is 10.6. The molecule has 0 bridgehead atoms. The average Bonchev–Trinajstić information content (AvgIpc) is 2.46. The minimum atomic E-state index is -0.376. The Bertz CT molecular complexity index is 597. The van der Waals surface area contributed by atoms with Gasteiger partial charge in [-0.15, -0.1) is 0 Å². The Morgan fingerprint density at radius 2 is 1.95 bits per heavy atom. The highest BCUT2D eigenvalue weighted by atomic mass is 16.5. The van der Waals surface area contributed by atoms with Gasteiger partial charge in [-0.05, 0) is 42.0 Å². The van der Waals surface area contributed by atoms with Crippen LogP contribution in [-0.2, 0) is 11.3 Å². The average molecular weight is 286 g/mol. The van der Waals surface area contributed by atoms with Crippen LogP contribution in [0.25, 0.3) is 0 Å². The summed E-state index contributed by atoms with van der Waals surface area (Å²) in [6.45, 7) is 0.904. The van der Waals surface area contributed by atoms with Crippen molar-refractivity contribution in [2.45, 2.75) is 13.0 Å². The topological polar surface area (TPSA) is 84.6 Å². The molecule has 0 aliphatic heterocycles. The molecule has 0 spiro atoms. The first-order valence-electron chi connectivity index (χ1n) is 6.66. The van der Waals surface area contributed by atoms with Crippen molar-refractivity contribution in [1.82, 2.24) is 0 Å². The van der Waals surface area contributed by atoms with Gasteiger partial charge in [-0.25, -0.2) is 0 Å². The maximum Gasteiger partial charge on any atom is 0.220 e. The molecule has 0 saturated heterocycles. The minimum Gasteiger partial charge on any atom is -0.508 e. The normalized spacial score (nSPS) is 10.1. The van der Waals surface area contributed by atoms with Crippen LogP contribution in [0, 0.1) is 0 Å². The molecule has 0 heterocycles. The van der Waals surface area contributed by atoms with Crippen molar-refractivity contribution in [3.8, 4) is 11.5 Å². The standard InChI is InChI=1S/C16H18N2O3/c17-16(20)8-9-21-15-6-4-13(5-7-15)18-11-12-2-1-3-14(19)10-12/h1-7,10,18-19H,8-9,11H2,(H2,17,20). The molecular formula is C16H18N2O3. The molecule has 0 aliphatic carbocycles.